The molecule has 2 aromatic rings. The van der Waals surface area contributed by atoms with Gasteiger partial charge in [-0.3, -0.25) is 14.7 Å². The molecule has 3 rings (SSSR count). The summed E-state index contributed by atoms with van der Waals surface area (Å²) in [5.41, 5.74) is 1.85. The Kier molecular flexibility index (Phi) is 5.08. The molecule has 0 saturated carbocycles. The van der Waals surface area contributed by atoms with Crippen molar-refractivity contribution in [3.8, 4) is 0 Å². The fourth-order valence-corrected chi connectivity index (χ4v) is 3.24. The van der Waals surface area contributed by atoms with Crippen molar-refractivity contribution >= 4 is 5.91 Å². The van der Waals surface area contributed by atoms with E-state index in [1.54, 1.807) is 12.4 Å². The van der Waals surface area contributed by atoms with Crippen LogP contribution in [0.2, 0.25) is 0 Å². The molecule has 1 fully saturated rings. The van der Waals surface area contributed by atoms with Gasteiger partial charge in [0.05, 0.1) is 11.3 Å². The molecule has 0 aromatic carbocycles. The van der Waals surface area contributed by atoms with Crippen LogP contribution in [0, 0.1) is 0 Å². The molecule has 23 heavy (non-hydrogen) atoms. The van der Waals surface area contributed by atoms with E-state index in [1.165, 1.54) is 0 Å². The maximum Gasteiger partial charge on any atom is 0.255 e. The molecule has 5 heteroatoms. The van der Waals surface area contributed by atoms with Gasteiger partial charge in [-0.1, -0.05) is 6.07 Å². The summed E-state index contributed by atoms with van der Waals surface area (Å²) < 4.78 is 0. The number of aromatic amines is 1. The summed E-state index contributed by atoms with van der Waals surface area (Å²) in [6.45, 7) is 2.52. The van der Waals surface area contributed by atoms with Crippen molar-refractivity contribution in [2.24, 2.45) is 0 Å². The van der Waals surface area contributed by atoms with Crippen LogP contribution in [-0.4, -0.2) is 51.9 Å². The van der Waals surface area contributed by atoms with E-state index in [0.29, 0.717) is 6.04 Å². The molecule has 1 atom stereocenters. The lowest BCUT2D eigenvalue weighted by molar-refractivity contribution is 0.0757. The normalized spacial score (nSPS) is 18.9. The van der Waals surface area contributed by atoms with Gasteiger partial charge in [0, 0.05) is 44.3 Å². The third-order valence-electron chi connectivity index (χ3n) is 4.59. The number of likely N-dealkylation sites (tertiary alicyclic amines) is 1. The van der Waals surface area contributed by atoms with E-state index in [-0.39, 0.29) is 5.91 Å². The zero-order chi connectivity index (χ0) is 16.1. The summed E-state index contributed by atoms with van der Waals surface area (Å²) >= 11 is 0. The Labute approximate surface area is 137 Å². The molecule has 0 aliphatic carbocycles. The van der Waals surface area contributed by atoms with Gasteiger partial charge in [-0.05, 0) is 44.5 Å². The lowest BCUT2D eigenvalue weighted by Gasteiger charge is -2.27. The molecule has 5 nitrogen and oxygen atoms in total. The molecule has 1 aliphatic rings. The number of pyridine rings is 1. The minimum Gasteiger partial charge on any atom is -0.367 e. The average molecular weight is 312 g/mol. The molecule has 0 bridgehead atoms. The molecule has 1 saturated heterocycles. The summed E-state index contributed by atoms with van der Waals surface area (Å²) in [5.74, 6) is 0.138. The van der Waals surface area contributed by atoms with Crippen LogP contribution in [0.4, 0.5) is 0 Å². The van der Waals surface area contributed by atoms with Gasteiger partial charge in [0.25, 0.3) is 5.91 Å². The van der Waals surface area contributed by atoms with Gasteiger partial charge in [0.15, 0.2) is 0 Å². The van der Waals surface area contributed by atoms with Crippen LogP contribution < -0.4 is 0 Å². The Morgan fingerprint density at radius 3 is 3.00 bits per heavy atom. The number of nitrogens with one attached hydrogen (secondary N) is 1. The molecule has 2 aromatic heterocycles. The maximum absolute atomic E-state index is 12.5. The highest BCUT2D eigenvalue weighted by atomic mass is 16.2. The number of nitrogens with zero attached hydrogens (tertiary/aromatic N) is 3. The number of carbonyl (C=O) groups excluding carboxylic acids is 1. The minimum absolute atomic E-state index is 0.138. The highest BCUT2D eigenvalue weighted by Gasteiger charge is 2.24. The van der Waals surface area contributed by atoms with Gasteiger partial charge in [-0.25, -0.2) is 0 Å². The van der Waals surface area contributed by atoms with Crippen LogP contribution in [0.15, 0.2) is 42.9 Å². The first kappa shape index (κ1) is 15.7. The lowest BCUT2D eigenvalue weighted by Crippen LogP contribution is -2.34. The van der Waals surface area contributed by atoms with Crippen LogP contribution in [0.25, 0.3) is 0 Å². The van der Waals surface area contributed by atoms with Gasteiger partial charge in [-0.15, -0.1) is 0 Å². The fourth-order valence-electron chi connectivity index (χ4n) is 3.24. The number of aromatic nitrogens is 2. The zero-order valence-electron chi connectivity index (χ0n) is 13.6. The molecular formula is C18H24N4O. The van der Waals surface area contributed by atoms with E-state index < -0.39 is 0 Å². The number of rotatable bonds is 4. The van der Waals surface area contributed by atoms with Crippen molar-refractivity contribution in [3.63, 3.8) is 0 Å². The molecular weight excluding hydrogens is 288 g/mol. The van der Waals surface area contributed by atoms with E-state index in [4.69, 9.17) is 0 Å². The topological polar surface area (TPSA) is 52.2 Å². The predicted octanol–water partition coefficient (Wildman–Crippen LogP) is 2.54. The number of H-pyrrole nitrogens is 1. The van der Waals surface area contributed by atoms with Crippen LogP contribution in [-0.2, 0) is 6.54 Å². The summed E-state index contributed by atoms with van der Waals surface area (Å²) in [6, 6.07) is 8.38. The second-order valence-corrected chi connectivity index (χ2v) is 6.21. The van der Waals surface area contributed by atoms with Crippen molar-refractivity contribution in [2.75, 3.05) is 20.1 Å². The van der Waals surface area contributed by atoms with Gasteiger partial charge in [0.1, 0.15) is 0 Å². The summed E-state index contributed by atoms with van der Waals surface area (Å²) in [4.78, 5) is 24.2. The fraction of sp³-hybridized carbons (Fsp3) is 0.444. The van der Waals surface area contributed by atoms with Gasteiger partial charge < -0.3 is 9.88 Å². The third-order valence-corrected chi connectivity index (χ3v) is 4.59. The average Bonchev–Trinajstić information content (AvgIpc) is 2.99. The molecule has 1 unspecified atom stereocenters. The van der Waals surface area contributed by atoms with Crippen molar-refractivity contribution in [1.29, 1.82) is 0 Å². The van der Waals surface area contributed by atoms with E-state index in [1.807, 2.05) is 29.3 Å². The number of hydrogen-bond acceptors (Lipinski definition) is 3. The molecule has 1 aliphatic heterocycles. The van der Waals surface area contributed by atoms with Gasteiger partial charge in [0.2, 0.25) is 0 Å². The molecule has 1 N–H and O–H groups in total. The quantitative estimate of drug-likeness (QED) is 0.944. The standard InChI is InChI=1S/C18H24N4O/c1-21(14-16-5-2-3-9-20-16)17-6-4-11-22(12-8-17)18(23)15-7-10-19-13-15/h2-3,5,7,9-10,13,17,19H,4,6,8,11-12,14H2,1H3. The van der Waals surface area contributed by atoms with Crippen molar-refractivity contribution < 1.29 is 4.79 Å². The van der Waals surface area contributed by atoms with Crippen LogP contribution >= 0.6 is 0 Å². The van der Waals surface area contributed by atoms with Crippen LogP contribution in [0.3, 0.4) is 0 Å². The highest BCUT2D eigenvalue weighted by molar-refractivity contribution is 5.94. The Morgan fingerprint density at radius 2 is 2.26 bits per heavy atom. The van der Waals surface area contributed by atoms with Gasteiger partial charge in [-0.2, -0.15) is 0 Å². The first-order valence-corrected chi connectivity index (χ1v) is 8.26. The minimum atomic E-state index is 0.138. The van der Waals surface area contributed by atoms with Gasteiger partial charge >= 0.3 is 0 Å². The number of carbonyl (C=O) groups is 1. The van der Waals surface area contributed by atoms with Crippen molar-refractivity contribution in [1.82, 2.24) is 19.8 Å². The molecule has 0 radical (unpaired) electrons. The summed E-state index contributed by atoms with van der Waals surface area (Å²) in [6.07, 6.45) is 8.60. The number of hydrogen-bond donors (Lipinski definition) is 1. The van der Waals surface area contributed by atoms with E-state index in [9.17, 15) is 4.79 Å². The van der Waals surface area contributed by atoms with Crippen molar-refractivity contribution in [2.45, 2.75) is 31.8 Å². The second kappa shape index (κ2) is 7.42. The third kappa shape index (κ3) is 3.99. The van der Waals surface area contributed by atoms with Crippen LogP contribution in [0.5, 0.6) is 0 Å². The Morgan fingerprint density at radius 1 is 1.35 bits per heavy atom. The molecule has 122 valence electrons. The summed E-state index contributed by atoms with van der Waals surface area (Å²) in [5, 5.41) is 0. The molecule has 1 amide bonds. The van der Waals surface area contributed by atoms with E-state index in [2.05, 4.69) is 28.0 Å². The smallest absolute Gasteiger partial charge is 0.255 e. The second-order valence-electron chi connectivity index (χ2n) is 6.21. The summed E-state index contributed by atoms with van der Waals surface area (Å²) in [7, 11) is 2.16. The first-order valence-electron chi connectivity index (χ1n) is 8.26. The number of amides is 1. The predicted molar refractivity (Wildman–Crippen MR) is 90.0 cm³/mol. The first-order chi connectivity index (χ1) is 11.2. The highest BCUT2D eigenvalue weighted by Crippen LogP contribution is 2.19. The Hall–Kier alpha value is -2.14. The largest absolute Gasteiger partial charge is 0.367 e. The molecule has 3 heterocycles. The molecule has 0 spiro atoms. The SMILES string of the molecule is CN(Cc1ccccn1)C1CCCN(C(=O)c2cc[nH]c2)CC1. The van der Waals surface area contributed by atoms with Crippen molar-refractivity contribution in [3.05, 3.63) is 54.1 Å². The zero-order valence-corrected chi connectivity index (χ0v) is 13.6. The maximum atomic E-state index is 12.5. The van der Waals surface area contributed by atoms with E-state index in [0.717, 1.165) is 50.2 Å². The van der Waals surface area contributed by atoms with E-state index >= 15 is 0 Å². The van der Waals surface area contributed by atoms with Crippen LogP contribution in [0.1, 0.15) is 35.3 Å². The lowest BCUT2D eigenvalue weighted by atomic mass is 10.1. The monoisotopic (exact) mass is 312 g/mol. The Bertz CT molecular complexity index is 611. The Balaban J connectivity index is 1.56.